The van der Waals surface area contributed by atoms with Gasteiger partial charge < -0.3 is 10.4 Å². The van der Waals surface area contributed by atoms with Crippen molar-refractivity contribution in [2.45, 2.75) is 44.6 Å². The highest BCUT2D eigenvalue weighted by Gasteiger charge is 2.49. The summed E-state index contributed by atoms with van der Waals surface area (Å²) in [4.78, 5) is 24.0. The van der Waals surface area contributed by atoms with Crippen LogP contribution in [0.25, 0.3) is 0 Å². The first kappa shape index (κ1) is 14.1. The summed E-state index contributed by atoms with van der Waals surface area (Å²) in [5.74, 6) is -1.07. The summed E-state index contributed by atoms with van der Waals surface area (Å²) in [5.41, 5.74) is 1.42. The van der Waals surface area contributed by atoms with Crippen LogP contribution in [0.15, 0.2) is 24.3 Å². The number of fused-ring (bicyclic) bond motifs is 1. The number of benzene rings is 1. The van der Waals surface area contributed by atoms with E-state index in [1.54, 1.807) is 6.92 Å². The molecule has 112 valence electrons. The molecule has 0 aromatic heterocycles. The summed E-state index contributed by atoms with van der Waals surface area (Å²) < 4.78 is 0. The smallest absolute Gasteiger partial charge is 0.329 e. The lowest BCUT2D eigenvalue weighted by Crippen LogP contribution is -2.55. The van der Waals surface area contributed by atoms with E-state index in [9.17, 15) is 14.7 Å². The molecule has 1 aromatic carbocycles. The first-order valence-electron chi connectivity index (χ1n) is 7.63. The zero-order valence-electron chi connectivity index (χ0n) is 12.3. The van der Waals surface area contributed by atoms with Crippen LogP contribution in [0.3, 0.4) is 0 Å². The third-order valence-electron chi connectivity index (χ3n) is 4.94. The highest BCUT2D eigenvalue weighted by Crippen LogP contribution is 2.40. The van der Waals surface area contributed by atoms with Crippen molar-refractivity contribution in [1.82, 2.24) is 5.32 Å². The standard InChI is InChI=1S/C17H21NO3/c1-17(16(20)21,14-8-9-14)18-15(19)13-7-6-11-4-2-3-5-12(11)10-13/h2-5,13-14H,6-10H2,1H3,(H,18,19)(H,20,21). The number of carbonyl (C=O) groups is 2. The zero-order valence-corrected chi connectivity index (χ0v) is 12.3. The Kier molecular flexibility index (Phi) is 3.47. The Morgan fingerprint density at radius 1 is 1.19 bits per heavy atom. The van der Waals surface area contributed by atoms with Gasteiger partial charge in [-0.05, 0) is 56.1 Å². The highest BCUT2D eigenvalue weighted by atomic mass is 16.4. The van der Waals surface area contributed by atoms with Crippen LogP contribution in [0, 0.1) is 11.8 Å². The average molecular weight is 287 g/mol. The number of aliphatic carboxylic acids is 1. The number of rotatable bonds is 4. The number of nitrogens with one attached hydrogen (secondary N) is 1. The lowest BCUT2D eigenvalue weighted by molar-refractivity contribution is -0.148. The molecule has 2 atom stereocenters. The monoisotopic (exact) mass is 287 g/mol. The van der Waals surface area contributed by atoms with E-state index in [-0.39, 0.29) is 17.7 Å². The van der Waals surface area contributed by atoms with Crippen molar-refractivity contribution < 1.29 is 14.7 Å². The summed E-state index contributed by atoms with van der Waals surface area (Å²) in [7, 11) is 0. The largest absolute Gasteiger partial charge is 0.480 e. The molecule has 0 aliphatic heterocycles. The summed E-state index contributed by atoms with van der Waals surface area (Å²) in [5, 5.41) is 12.3. The number of aryl methyl sites for hydroxylation is 1. The van der Waals surface area contributed by atoms with Gasteiger partial charge in [0.2, 0.25) is 5.91 Å². The number of hydrogen-bond donors (Lipinski definition) is 2. The van der Waals surface area contributed by atoms with Gasteiger partial charge in [0, 0.05) is 5.92 Å². The fraction of sp³-hybridized carbons (Fsp3) is 0.529. The molecule has 21 heavy (non-hydrogen) atoms. The molecule has 1 aromatic rings. The number of carbonyl (C=O) groups excluding carboxylic acids is 1. The molecule has 1 fully saturated rings. The first-order valence-corrected chi connectivity index (χ1v) is 7.63. The molecular formula is C17H21NO3. The minimum Gasteiger partial charge on any atom is -0.480 e. The maximum atomic E-state index is 12.5. The number of carboxylic acid groups (broad SMARTS) is 1. The second-order valence-corrected chi connectivity index (χ2v) is 6.48. The van der Waals surface area contributed by atoms with E-state index < -0.39 is 11.5 Å². The second-order valence-electron chi connectivity index (χ2n) is 6.48. The normalized spacial score (nSPS) is 23.8. The molecule has 4 heteroatoms. The van der Waals surface area contributed by atoms with E-state index in [4.69, 9.17) is 0 Å². The molecule has 0 spiro atoms. The molecule has 0 radical (unpaired) electrons. The lowest BCUT2D eigenvalue weighted by Gasteiger charge is -2.30. The van der Waals surface area contributed by atoms with E-state index in [0.29, 0.717) is 6.42 Å². The van der Waals surface area contributed by atoms with Crippen molar-refractivity contribution >= 4 is 11.9 Å². The van der Waals surface area contributed by atoms with Gasteiger partial charge in [-0.1, -0.05) is 24.3 Å². The van der Waals surface area contributed by atoms with Crippen LogP contribution in [-0.4, -0.2) is 22.5 Å². The van der Waals surface area contributed by atoms with E-state index in [1.807, 2.05) is 12.1 Å². The van der Waals surface area contributed by atoms with E-state index >= 15 is 0 Å². The molecule has 0 saturated heterocycles. The average Bonchev–Trinajstić information content (AvgIpc) is 3.31. The Morgan fingerprint density at radius 2 is 1.86 bits per heavy atom. The molecular weight excluding hydrogens is 266 g/mol. The number of hydrogen-bond acceptors (Lipinski definition) is 2. The minimum atomic E-state index is -1.10. The molecule has 0 bridgehead atoms. The molecule has 3 rings (SSSR count). The SMILES string of the molecule is CC(NC(=O)C1CCc2ccccc2C1)(C(=O)O)C1CC1. The van der Waals surface area contributed by atoms with Gasteiger partial charge in [0.25, 0.3) is 0 Å². The lowest BCUT2D eigenvalue weighted by atomic mass is 9.82. The second kappa shape index (κ2) is 5.17. The van der Waals surface area contributed by atoms with Crippen LogP contribution in [0.2, 0.25) is 0 Å². The quantitative estimate of drug-likeness (QED) is 0.892. The number of amides is 1. The van der Waals surface area contributed by atoms with Gasteiger partial charge in [-0.25, -0.2) is 4.79 Å². The van der Waals surface area contributed by atoms with Crippen LogP contribution >= 0.6 is 0 Å². The van der Waals surface area contributed by atoms with E-state index in [2.05, 4.69) is 17.4 Å². The van der Waals surface area contributed by atoms with Gasteiger partial charge in [0.15, 0.2) is 0 Å². The van der Waals surface area contributed by atoms with Crippen molar-refractivity contribution in [3.8, 4) is 0 Å². The Morgan fingerprint density at radius 3 is 2.48 bits per heavy atom. The van der Waals surface area contributed by atoms with Crippen molar-refractivity contribution in [2.24, 2.45) is 11.8 Å². The van der Waals surface area contributed by atoms with Crippen LogP contribution < -0.4 is 5.32 Å². The molecule has 2 unspecified atom stereocenters. The molecule has 4 nitrogen and oxygen atoms in total. The van der Waals surface area contributed by atoms with Gasteiger partial charge in [0.1, 0.15) is 5.54 Å². The van der Waals surface area contributed by atoms with Gasteiger partial charge in [0.05, 0.1) is 0 Å². The maximum absolute atomic E-state index is 12.5. The Balaban J connectivity index is 1.71. The van der Waals surface area contributed by atoms with Gasteiger partial charge in [-0.3, -0.25) is 4.79 Å². The fourth-order valence-electron chi connectivity index (χ4n) is 3.27. The predicted octanol–water partition coefficient (Wildman–Crippen LogP) is 2.16. The Hall–Kier alpha value is -1.84. The summed E-state index contributed by atoms with van der Waals surface area (Å²) in [6, 6.07) is 8.18. The van der Waals surface area contributed by atoms with Gasteiger partial charge in [-0.2, -0.15) is 0 Å². The molecule has 0 heterocycles. The molecule has 1 saturated carbocycles. The third kappa shape index (κ3) is 2.67. The summed E-state index contributed by atoms with van der Waals surface area (Å²) in [6.07, 6.45) is 4.17. The molecule has 2 N–H and O–H groups in total. The molecule has 1 amide bonds. The van der Waals surface area contributed by atoms with Crippen LogP contribution in [0.1, 0.15) is 37.3 Å². The first-order chi connectivity index (χ1) is 10.0. The van der Waals surface area contributed by atoms with Crippen molar-refractivity contribution in [3.63, 3.8) is 0 Å². The van der Waals surface area contributed by atoms with Gasteiger partial charge in [-0.15, -0.1) is 0 Å². The molecule has 2 aliphatic rings. The van der Waals surface area contributed by atoms with Crippen LogP contribution in [-0.2, 0) is 22.4 Å². The zero-order chi connectivity index (χ0) is 15.0. The number of carboxylic acids is 1. The maximum Gasteiger partial charge on any atom is 0.329 e. The summed E-state index contributed by atoms with van der Waals surface area (Å²) in [6.45, 7) is 1.64. The third-order valence-corrected chi connectivity index (χ3v) is 4.94. The van der Waals surface area contributed by atoms with Crippen molar-refractivity contribution in [3.05, 3.63) is 35.4 Å². The highest BCUT2D eigenvalue weighted by molar-refractivity contribution is 5.88. The van der Waals surface area contributed by atoms with Crippen LogP contribution in [0.5, 0.6) is 0 Å². The van der Waals surface area contributed by atoms with Crippen LogP contribution in [0.4, 0.5) is 0 Å². The topological polar surface area (TPSA) is 66.4 Å². The Labute approximate surface area is 124 Å². The van der Waals surface area contributed by atoms with Crippen molar-refractivity contribution in [2.75, 3.05) is 0 Å². The Bertz CT molecular complexity index is 579. The summed E-state index contributed by atoms with van der Waals surface area (Å²) >= 11 is 0. The van der Waals surface area contributed by atoms with Gasteiger partial charge >= 0.3 is 5.97 Å². The van der Waals surface area contributed by atoms with E-state index in [1.165, 1.54) is 11.1 Å². The minimum absolute atomic E-state index is 0.0785. The van der Waals surface area contributed by atoms with E-state index in [0.717, 1.165) is 25.7 Å². The van der Waals surface area contributed by atoms with Crippen molar-refractivity contribution in [1.29, 1.82) is 0 Å². The predicted molar refractivity (Wildman–Crippen MR) is 78.9 cm³/mol. The fourth-order valence-corrected chi connectivity index (χ4v) is 3.27. The molecule has 2 aliphatic carbocycles.